The summed E-state index contributed by atoms with van der Waals surface area (Å²) < 4.78 is 11.4. The molecule has 1 aromatic carbocycles. The molecular weight excluding hydrogens is 440 g/mol. The van der Waals surface area contributed by atoms with E-state index in [2.05, 4.69) is 23.2 Å². The molecule has 0 saturated carbocycles. The SMILES string of the molecule is C/C(C1=CC=CC1)=C1/C(=O)Cc2ccc(-c3cnc4c(c3C)N(C(=O)OC(C)(C)C)CCO4)cc21. The normalized spacial score (nSPS) is 18.1. The van der Waals surface area contributed by atoms with Crippen LogP contribution in [-0.4, -0.2) is 35.6 Å². The summed E-state index contributed by atoms with van der Waals surface area (Å²) in [5, 5.41) is 0. The second kappa shape index (κ2) is 8.52. The number of benzene rings is 1. The van der Waals surface area contributed by atoms with Gasteiger partial charge in [-0.05, 0) is 80.5 Å². The molecule has 2 aromatic rings. The predicted octanol–water partition coefficient (Wildman–Crippen LogP) is 5.98. The van der Waals surface area contributed by atoms with Crippen LogP contribution in [0.3, 0.4) is 0 Å². The maximum absolute atomic E-state index is 13.0. The van der Waals surface area contributed by atoms with E-state index in [0.29, 0.717) is 31.1 Å². The Bertz CT molecular complexity index is 1340. The molecule has 0 N–H and O–H groups in total. The molecule has 6 heteroatoms. The van der Waals surface area contributed by atoms with Gasteiger partial charge in [-0.15, -0.1) is 0 Å². The van der Waals surface area contributed by atoms with Crippen LogP contribution in [0.5, 0.6) is 5.88 Å². The van der Waals surface area contributed by atoms with E-state index in [1.807, 2.05) is 52.8 Å². The first-order valence-corrected chi connectivity index (χ1v) is 12.0. The summed E-state index contributed by atoms with van der Waals surface area (Å²) in [6, 6.07) is 6.14. The Labute approximate surface area is 206 Å². The van der Waals surface area contributed by atoms with E-state index in [1.165, 1.54) is 5.57 Å². The van der Waals surface area contributed by atoms with Crippen LogP contribution in [0.25, 0.3) is 16.7 Å². The van der Waals surface area contributed by atoms with Crippen LogP contribution in [0, 0.1) is 6.92 Å². The molecule has 0 spiro atoms. The Hall–Kier alpha value is -3.67. The van der Waals surface area contributed by atoms with Crippen LogP contribution in [0.1, 0.15) is 50.8 Å². The molecule has 1 amide bonds. The van der Waals surface area contributed by atoms with Gasteiger partial charge >= 0.3 is 6.09 Å². The first-order valence-electron chi connectivity index (χ1n) is 12.0. The number of hydrogen-bond acceptors (Lipinski definition) is 5. The Morgan fingerprint density at radius 3 is 2.71 bits per heavy atom. The molecule has 0 radical (unpaired) electrons. The van der Waals surface area contributed by atoms with Crippen LogP contribution in [-0.2, 0) is 16.0 Å². The number of fused-ring (bicyclic) bond motifs is 2. The molecule has 0 unspecified atom stereocenters. The quantitative estimate of drug-likeness (QED) is 0.506. The van der Waals surface area contributed by atoms with Gasteiger partial charge in [-0.1, -0.05) is 30.4 Å². The Kier molecular flexibility index (Phi) is 5.62. The lowest BCUT2D eigenvalue weighted by atomic mass is 9.93. The van der Waals surface area contributed by atoms with E-state index in [1.54, 1.807) is 11.1 Å². The minimum absolute atomic E-state index is 0.159. The molecule has 0 saturated heterocycles. The van der Waals surface area contributed by atoms with Crippen molar-refractivity contribution in [3.63, 3.8) is 0 Å². The van der Waals surface area contributed by atoms with E-state index in [4.69, 9.17) is 9.47 Å². The van der Waals surface area contributed by atoms with Crippen molar-refractivity contribution in [2.24, 2.45) is 0 Å². The fourth-order valence-corrected chi connectivity index (χ4v) is 4.97. The van der Waals surface area contributed by atoms with Gasteiger partial charge in [0.25, 0.3) is 0 Å². The average Bonchev–Trinajstić information content (AvgIpc) is 3.44. The number of pyridine rings is 1. The second-order valence-electron chi connectivity index (χ2n) is 10.2. The monoisotopic (exact) mass is 470 g/mol. The number of aromatic nitrogens is 1. The van der Waals surface area contributed by atoms with E-state index >= 15 is 0 Å². The molecule has 1 aliphatic heterocycles. The Morgan fingerprint density at radius 2 is 2.00 bits per heavy atom. The number of ketones is 1. The third-order valence-corrected chi connectivity index (χ3v) is 6.66. The Balaban J connectivity index is 1.58. The zero-order chi connectivity index (χ0) is 24.9. The van der Waals surface area contributed by atoms with Gasteiger partial charge < -0.3 is 9.47 Å². The molecule has 0 atom stereocenters. The van der Waals surface area contributed by atoms with Crippen molar-refractivity contribution in [3.05, 3.63) is 70.5 Å². The number of amides is 1. The number of carbonyl (C=O) groups excluding carboxylic acids is 2. The number of nitrogens with zero attached hydrogens (tertiary/aromatic N) is 2. The molecule has 2 aliphatic carbocycles. The van der Waals surface area contributed by atoms with Crippen molar-refractivity contribution in [1.29, 1.82) is 0 Å². The third kappa shape index (κ3) is 4.18. The zero-order valence-electron chi connectivity index (χ0n) is 20.9. The van der Waals surface area contributed by atoms with Crippen LogP contribution in [0.15, 0.2) is 53.8 Å². The fraction of sp³-hybridized carbons (Fsp3) is 0.345. The summed E-state index contributed by atoms with van der Waals surface area (Å²) >= 11 is 0. The highest BCUT2D eigenvalue weighted by Crippen LogP contribution is 2.42. The number of Topliss-reactive ketones (excluding diaryl/α,β-unsaturated/α-hetero) is 1. The van der Waals surface area contributed by atoms with Crippen molar-refractivity contribution in [2.45, 2.75) is 53.1 Å². The van der Waals surface area contributed by atoms with Crippen LogP contribution < -0.4 is 9.64 Å². The summed E-state index contributed by atoms with van der Waals surface area (Å²) in [5.74, 6) is 0.587. The van der Waals surface area contributed by atoms with Gasteiger partial charge in [0, 0.05) is 23.8 Å². The average molecular weight is 471 g/mol. The smallest absolute Gasteiger partial charge is 0.415 e. The van der Waals surface area contributed by atoms with Crippen LogP contribution >= 0.6 is 0 Å². The fourth-order valence-electron chi connectivity index (χ4n) is 4.97. The molecule has 3 aliphatic rings. The molecule has 35 heavy (non-hydrogen) atoms. The molecule has 1 aromatic heterocycles. The highest BCUT2D eigenvalue weighted by Gasteiger charge is 2.32. The molecule has 0 bridgehead atoms. The number of anilines is 1. The summed E-state index contributed by atoms with van der Waals surface area (Å²) in [7, 11) is 0. The van der Waals surface area contributed by atoms with E-state index < -0.39 is 11.7 Å². The van der Waals surface area contributed by atoms with Crippen molar-refractivity contribution in [1.82, 2.24) is 4.98 Å². The lowest BCUT2D eigenvalue weighted by Gasteiger charge is -2.32. The first-order chi connectivity index (χ1) is 16.6. The highest BCUT2D eigenvalue weighted by atomic mass is 16.6. The molecular formula is C29H30N2O4. The lowest BCUT2D eigenvalue weighted by Crippen LogP contribution is -2.42. The number of ether oxygens (including phenoxy) is 2. The van der Waals surface area contributed by atoms with Crippen LogP contribution in [0.4, 0.5) is 10.5 Å². The summed E-state index contributed by atoms with van der Waals surface area (Å²) in [4.78, 5) is 32.1. The summed E-state index contributed by atoms with van der Waals surface area (Å²) in [6.45, 7) is 10.3. The third-order valence-electron chi connectivity index (χ3n) is 6.66. The van der Waals surface area contributed by atoms with Gasteiger partial charge in [-0.25, -0.2) is 9.78 Å². The zero-order valence-corrected chi connectivity index (χ0v) is 20.9. The van der Waals surface area contributed by atoms with Crippen molar-refractivity contribution in [3.8, 4) is 17.0 Å². The number of hydrogen-bond donors (Lipinski definition) is 0. The first kappa shape index (κ1) is 23.1. The van der Waals surface area contributed by atoms with Crippen molar-refractivity contribution < 1.29 is 19.1 Å². The minimum Gasteiger partial charge on any atom is -0.474 e. The van der Waals surface area contributed by atoms with Crippen molar-refractivity contribution in [2.75, 3.05) is 18.1 Å². The Morgan fingerprint density at radius 1 is 1.20 bits per heavy atom. The number of rotatable bonds is 2. The van der Waals surface area contributed by atoms with E-state index in [0.717, 1.165) is 45.4 Å². The van der Waals surface area contributed by atoms with Gasteiger partial charge in [0.15, 0.2) is 5.78 Å². The number of carbonyl (C=O) groups is 2. The summed E-state index contributed by atoms with van der Waals surface area (Å²) in [5.41, 5.74) is 7.81. The van der Waals surface area contributed by atoms with Crippen LogP contribution in [0.2, 0.25) is 0 Å². The maximum atomic E-state index is 13.0. The van der Waals surface area contributed by atoms with Gasteiger partial charge in [0.2, 0.25) is 5.88 Å². The van der Waals surface area contributed by atoms with Gasteiger partial charge in [-0.3, -0.25) is 9.69 Å². The molecule has 2 heterocycles. The topological polar surface area (TPSA) is 68.7 Å². The van der Waals surface area contributed by atoms with Gasteiger partial charge in [0.05, 0.1) is 6.54 Å². The number of allylic oxidation sites excluding steroid dienone is 6. The van der Waals surface area contributed by atoms with Gasteiger partial charge in [0.1, 0.15) is 17.9 Å². The lowest BCUT2D eigenvalue weighted by molar-refractivity contribution is -0.112. The highest BCUT2D eigenvalue weighted by molar-refractivity contribution is 6.27. The van der Waals surface area contributed by atoms with Crippen molar-refractivity contribution >= 4 is 23.1 Å². The summed E-state index contributed by atoms with van der Waals surface area (Å²) in [6.07, 6.45) is 8.87. The largest absolute Gasteiger partial charge is 0.474 e. The predicted molar refractivity (Wildman–Crippen MR) is 137 cm³/mol. The van der Waals surface area contributed by atoms with E-state index in [-0.39, 0.29) is 5.78 Å². The van der Waals surface area contributed by atoms with Gasteiger partial charge in [-0.2, -0.15) is 0 Å². The molecule has 0 fully saturated rings. The standard InChI is InChI=1S/C29H30N2O4/c1-17(19-8-6-7-9-19)25-22-14-20(10-11-21(22)15-24(25)32)23-16-30-27-26(18(23)2)31(12-13-34-27)28(33)35-29(3,4)5/h6-8,10-11,14,16H,9,12-13,15H2,1-5H3/b25-17-. The van der Waals surface area contributed by atoms with E-state index in [9.17, 15) is 9.59 Å². The second-order valence-corrected chi connectivity index (χ2v) is 10.2. The minimum atomic E-state index is -0.605. The molecule has 180 valence electrons. The molecule has 6 nitrogen and oxygen atoms in total. The molecule has 5 rings (SSSR count). The maximum Gasteiger partial charge on any atom is 0.415 e.